The number of thiophene rings is 1. The van der Waals surface area contributed by atoms with E-state index in [0.29, 0.717) is 39.8 Å². The molecule has 4 rings (SSSR count). The molecule has 1 aliphatic heterocycles. The largest absolute Gasteiger partial charge is 0.383 e. The van der Waals surface area contributed by atoms with Crippen LogP contribution in [0.15, 0.2) is 44.4 Å². The minimum absolute atomic E-state index is 0.190. The summed E-state index contributed by atoms with van der Waals surface area (Å²) in [5.74, 6) is -0.719. The molecule has 35 heavy (non-hydrogen) atoms. The smallest absolute Gasteiger partial charge is 0.252 e. The maximum absolute atomic E-state index is 13.0. The first-order valence-corrected chi connectivity index (χ1v) is 16.0. The number of carbonyl (C=O) groups excluding carboxylic acids is 1. The van der Waals surface area contributed by atoms with E-state index in [9.17, 15) is 21.6 Å². The number of piperidine rings is 1. The summed E-state index contributed by atoms with van der Waals surface area (Å²) in [6.45, 7) is 1.28. The number of ether oxygens (including phenoxy) is 1. The van der Waals surface area contributed by atoms with Crippen LogP contribution >= 0.6 is 34.3 Å². The number of rotatable bonds is 7. The second kappa shape index (κ2) is 10.4. The molecule has 3 heterocycles. The van der Waals surface area contributed by atoms with Gasteiger partial charge in [-0.2, -0.15) is 9.30 Å². The number of benzene rings is 1. The first-order chi connectivity index (χ1) is 16.5. The molecule has 3 aromatic rings. The molecule has 9 nitrogen and oxygen atoms in total. The van der Waals surface area contributed by atoms with Gasteiger partial charge in [0, 0.05) is 38.9 Å². The van der Waals surface area contributed by atoms with Gasteiger partial charge in [0.25, 0.3) is 15.9 Å². The Balaban J connectivity index is 1.58. The molecule has 1 amide bonds. The second-order valence-corrected chi connectivity index (χ2v) is 15.0. The number of sulfone groups is 1. The average Bonchev–Trinajstić information content (AvgIpc) is 3.40. The van der Waals surface area contributed by atoms with Gasteiger partial charge < -0.3 is 9.30 Å². The van der Waals surface area contributed by atoms with Crippen molar-refractivity contribution in [3.8, 4) is 0 Å². The Morgan fingerprint density at radius 3 is 2.46 bits per heavy atom. The molecule has 0 N–H and O–H groups in total. The first-order valence-electron chi connectivity index (χ1n) is 10.7. The number of aromatic nitrogens is 1. The lowest BCUT2D eigenvalue weighted by atomic mass is 9.98. The zero-order chi connectivity index (χ0) is 25.4. The number of hydrogen-bond donors (Lipinski definition) is 0. The molecule has 1 saturated heterocycles. The molecule has 190 valence electrons. The first kappa shape index (κ1) is 26.5. The maximum Gasteiger partial charge on any atom is 0.252 e. The molecule has 1 fully saturated rings. The van der Waals surface area contributed by atoms with Gasteiger partial charge in [-0.25, -0.2) is 16.8 Å². The molecule has 0 atom stereocenters. The van der Waals surface area contributed by atoms with E-state index in [1.165, 1.54) is 27.8 Å². The summed E-state index contributed by atoms with van der Waals surface area (Å²) in [5, 5.41) is 0. The number of nitrogens with zero attached hydrogens (tertiary/aromatic N) is 3. The van der Waals surface area contributed by atoms with Crippen molar-refractivity contribution < 1.29 is 26.4 Å². The molecule has 0 bridgehead atoms. The van der Waals surface area contributed by atoms with Gasteiger partial charge in [-0.3, -0.25) is 4.79 Å². The number of hydrogen-bond acceptors (Lipinski definition) is 8. The Labute approximate surface area is 216 Å². The van der Waals surface area contributed by atoms with Gasteiger partial charge in [0.2, 0.25) is 0 Å². The third kappa shape index (κ3) is 5.71. The summed E-state index contributed by atoms with van der Waals surface area (Å²) in [6, 6.07) is 7.88. The van der Waals surface area contributed by atoms with Crippen LogP contribution in [-0.4, -0.2) is 64.7 Å². The van der Waals surface area contributed by atoms with Crippen molar-refractivity contribution in [1.29, 1.82) is 0 Å². The van der Waals surface area contributed by atoms with Crippen molar-refractivity contribution in [3.05, 3.63) is 39.5 Å². The average molecular weight is 578 g/mol. The Bertz CT molecular complexity index is 1530. The quantitative estimate of drug-likeness (QED) is 0.426. The molecule has 0 unspecified atom stereocenters. The molecule has 0 aliphatic carbocycles. The van der Waals surface area contributed by atoms with E-state index in [4.69, 9.17) is 16.3 Å². The van der Waals surface area contributed by atoms with E-state index in [1.54, 1.807) is 25.3 Å². The van der Waals surface area contributed by atoms with Crippen molar-refractivity contribution in [1.82, 2.24) is 8.87 Å². The minimum atomic E-state index is -3.64. The fraction of sp³-hybridized carbons (Fsp3) is 0.429. The molecule has 0 radical (unpaired) electrons. The summed E-state index contributed by atoms with van der Waals surface area (Å²) < 4.78 is 59.3. The number of thiazole rings is 1. The van der Waals surface area contributed by atoms with Gasteiger partial charge >= 0.3 is 0 Å². The standard InChI is InChI=1S/C21H24ClN3O6S4/c1-31-12-11-25-16-4-3-15(34(2,27)28)13-17(16)32-21(25)23-20(26)14-7-9-24(10-8-14)35(29,30)19-6-5-18(22)33-19/h3-6,13-14H,7-12H2,1-2H3. The Hall–Kier alpha value is -1.61. The highest BCUT2D eigenvalue weighted by molar-refractivity contribution is 7.91. The molecule has 0 saturated carbocycles. The number of amides is 1. The van der Waals surface area contributed by atoms with Crippen LogP contribution in [-0.2, 0) is 35.9 Å². The molecule has 0 spiro atoms. The predicted molar refractivity (Wildman–Crippen MR) is 136 cm³/mol. The van der Waals surface area contributed by atoms with Gasteiger partial charge in [0.05, 0.1) is 26.1 Å². The van der Waals surface area contributed by atoms with Gasteiger partial charge in [-0.1, -0.05) is 22.9 Å². The number of halogens is 1. The number of fused-ring (bicyclic) bond motifs is 1. The van der Waals surface area contributed by atoms with Gasteiger partial charge in [-0.05, 0) is 43.2 Å². The molecular formula is C21H24ClN3O6S4. The summed E-state index contributed by atoms with van der Waals surface area (Å²) in [4.78, 5) is 18.1. The van der Waals surface area contributed by atoms with E-state index < -0.39 is 25.8 Å². The van der Waals surface area contributed by atoms with Gasteiger partial charge in [-0.15, -0.1) is 11.3 Å². The van der Waals surface area contributed by atoms with Gasteiger partial charge in [0.15, 0.2) is 14.6 Å². The molecular weight excluding hydrogens is 554 g/mol. The summed E-state index contributed by atoms with van der Waals surface area (Å²) in [5.41, 5.74) is 0.765. The molecule has 14 heteroatoms. The van der Waals surface area contributed by atoms with Crippen LogP contribution < -0.4 is 4.80 Å². The molecule has 1 aromatic carbocycles. The van der Waals surface area contributed by atoms with E-state index in [1.807, 2.05) is 4.57 Å². The monoisotopic (exact) mass is 577 g/mol. The van der Waals surface area contributed by atoms with Crippen LogP contribution in [0.1, 0.15) is 12.8 Å². The fourth-order valence-corrected chi connectivity index (χ4v) is 8.79. The van der Waals surface area contributed by atoms with E-state index in [2.05, 4.69) is 4.99 Å². The lowest BCUT2D eigenvalue weighted by Crippen LogP contribution is -2.40. The third-order valence-electron chi connectivity index (χ3n) is 5.75. The molecule has 2 aromatic heterocycles. The SMILES string of the molecule is COCCn1c(=NC(=O)C2CCN(S(=O)(=O)c3ccc(Cl)s3)CC2)sc2cc(S(C)(=O)=O)ccc21. The summed E-state index contributed by atoms with van der Waals surface area (Å²) in [7, 11) is -5.44. The number of carbonyl (C=O) groups is 1. The van der Waals surface area contributed by atoms with Crippen LogP contribution in [0.2, 0.25) is 4.34 Å². The van der Waals surface area contributed by atoms with Crippen molar-refractivity contribution in [2.24, 2.45) is 10.9 Å². The lowest BCUT2D eigenvalue weighted by molar-refractivity contribution is -0.122. The van der Waals surface area contributed by atoms with Crippen molar-refractivity contribution >= 4 is 70.3 Å². The highest BCUT2D eigenvalue weighted by atomic mass is 35.5. The van der Waals surface area contributed by atoms with Crippen LogP contribution in [0.5, 0.6) is 0 Å². The summed E-state index contributed by atoms with van der Waals surface area (Å²) >= 11 is 8.14. The lowest BCUT2D eigenvalue weighted by Gasteiger charge is -2.29. The van der Waals surface area contributed by atoms with E-state index in [0.717, 1.165) is 23.1 Å². The number of sulfonamides is 1. The normalized spacial score (nSPS) is 16.8. The van der Waals surface area contributed by atoms with Gasteiger partial charge in [0.1, 0.15) is 4.21 Å². The van der Waals surface area contributed by atoms with E-state index >= 15 is 0 Å². The van der Waals surface area contributed by atoms with Crippen molar-refractivity contribution in [2.45, 2.75) is 28.5 Å². The van der Waals surface area contributed by atoms with Crippen LogP contribution in [0.4, 0.5) is 0 Å². The highest BCUT2D eigenvalue weighted by Crippen LogP contribution is 2.31. The Kier molecular flexibility index (Phi) is 7.86. The van der Waals surface area contributed by atoms with Crippen molar-refractivity contribution in [2.75, 3.05) is 33.1 Å². The Morgan fingerprint density at radius 1 is 1.14 bits per heavy atom. The fourth-order valence-electron chi connectivity index (χ4n) is 3.86. The van der Waals surface area contributed by atoms with Crippen LogP contribution in [0, 0.1) is 5.92 Å². The second-order valence-electron chi connectivity index (χ2n) is 8.12. The highest BCUT2D eigenvalue weighted by Gasteiger charge is 2.33. The topological polar surface area (TPSA) is 115 Å². The Morgan fingerprint density at radius 2 is 1.86 bits per heavy atom. The maximum atomic E-state index is 13.0. The summed E-state index contributed by atoms with van der Waals surface area (Å²) in [6.07, 6.45) is 1.87. The zero-order valence-electron chi connectivity index (χ0n) is 19.0. The van der Waals surface area contributed by atoms with Crippen LogP contribution in [0.25, 0.3) is 10.2 Å². The minimum Gasteiger partial charge on any atom is -0.383 e. The predicted octanol–water partition coefficient (Wildman–Crippen LogP) is 3.00. The number of methoxy groups -OCH3 is 1. The van der Waals surface area contributed by atoms with Crippen molar-refractivity contribution in [3.63, 3.8) is 0 Å². The third-order valence-corrected chi connectivity index (χ3v) is 11.5. The van der Waals surface area contributed by atoms with E-state index in [-0.39, 0.29) is 28.1 Å². The molecule has 1 aliphatic rings. The zero-order valence-corrected chi connectivity index (χ0v) is 23.0. The van der Waals surface area contributed by atoms with Crippen LogP contribution in [0.3, 0.4) is 0 Å².